The molecule has 0 unspecified atom stereocenters. The highest BCUT2D eigenvalue weighted by Crippen LogP contribution is 2.43. The lowest BCUT2D eigenvalue weighted by Gasteiger charge is -2.08. The molecule has 0 saturated heterocycles. The Balaban J connectivity index is 1.44. The van der Waals surface area contributed by atoms with Crippen LogP contribution in [0.5, 0.6) is 0 Å². The summed E-state index contributed by atoms with van der Waals surface area (Å²) in [5.41, 5.74) is 13.3. The first-order valence-electron chi connectivity index (χ1n) is 16.7. The fourth-order valence-electron chi connectivity index (χ4n) is 6.94. The van der Waals surface area contributed by atoms with Crippen molar-refractivity contribution in [1.29, 1.82) is 0 Å². The van der Waals surface area contributed by atoms with Gasteiger partial charge in [-0.2, -0.15) is 0 Å². The average molecular weight is 660 g/mol. The molecule has 0 amide bonds. The summed E-state index contributed by atoms with van der Waals surface area (Å²) in [4.78, 5) is 21.2. The number of non-ortho nitro benzene ring substituents is 1. The Morgan fingerprint density at radius 1 is 0.451 bits per heavy atom. The molecule has 0 spiro atoms. The van der Waals surface area contributed by atoms with Gasteiger partial charge in [0.05, 0.1) is 38.7 Å². The molecule has 0 atom stereocenters. The van der Waals surface area contributed by atoms with Crippen LogP contribution < -0.4 is 0 Å². The van der Waals surface area contributed by atoms with Gasteiger partial charge in [-0.05, 0) is 96.1 Å². The van der Waals surface area contributed by atoms with Gasteiger partial charge in [-0.15, -0.1) is 0 Å². The Hall–Kier alpha value is -7.12. The van der Waals surface area contributed by atoms with Gasteiger partial charge in [0, 0.05) is 45.7 Å². The van der Waals surface area contributed by atoms with E-state index in [1.165, 1.54) is 12.1 Å². The maximum Gasteiger partial charge on any atom is 0.269 e. The molecule has 0 aliphatic carbocycles. The molecule has 7 aromatic rings. The lowest BCUT2D eigenvalue weighted by Crippen LogP contribution is -1.95. The van der Waals surface area contributed by atoms with Crippen LogP contribution >= 0.6 is 0 Å². The maximum absolute atomic E-state index is 11.4. The highest BCUT2D eigenvalue weighted by molar-refractivity contribution is 6.05. The quantitative estimate of drug-likeness (QED) is 0.136. The van der Waals surface area contributed by atoms with E-state index < -0.39 is 0 Å². The molecule has 7 nitrogen and oxygen atoms in total. The Morgan fingerprint density at radius 2 is 0.863 bits per heavy atom. The molecule has 9 rings (SSSR count). The molecule has 7 heteroatoms. The maximum atomic E-state index is 11.4. The Kier molecular flexibility index (Phi) is 7.29. The first-order valence-corrected chi connectivity index (χ1v) is 16.7. The van der Waals surface area contributed by atoms with Crippen LogP contribution in [0.1, 0.15) is 22.8 Å². The summed E-state index contributed by atoms with van der Waals surface area (Å²) in [7, 11) is 0. The minimum absolute atomic E-state index is 0.0414. The van der Waals surface area contributed by atoms with E-state index in [0.29, 0.717) is 0 Å². The minimum atomic E-state index is -0.384. The summed E-state index contributed by atoms with van der Waals surface area (Å²) >= 11 is 0. The summed E-state index contributed by atoms with van der Waals surface area (Å²) in [6.07, 6.45) is 8.13. The second-order valence-corrected chi connectivity index (χ2v) is 12.4. The van der Waals surface area contributed by atoms with Crippen molar-refractivity contribution < 1.29 is 4.92 Å². The molecule has 0 saturated carbocycles. The Bertz CT molecular complexity index is 2550. The smallest absolute Gasteiger partial charge is 0.269 e. The molecule has 51 heavy (non-hydrogen) atoms. The van der Waals surface area contributed by atoms with E-state index in [1.54, 1.807) is 12.1 Å². The predicted octanol–water partition coefficient (Wildman–Crippen LogP) is 10.8. The number of fused-ring (bicyclic) bond motifs is 8. The van der Waals surface area contributed by atoms with Crippen molar-refractivity contribution in [3.63, 3.8) is 0 Å². The van der Waals surface area contributed by atoms with Crippen molar-refractivity contribution in [2.24, 2.45) is 0 Å². The molecule has 8 bridgehead atoms. The molecule has 3 aromatic heterocycles. The van der Waals surface area contributed by atoms with Gasteiger partial charge < -0.3 is 9.13 Å². The number of hydrogen-bond donors (Lipinski definition) is 0. The van der Waals surface area contributed by atoms with E-state index in [9.17, 15) is 10.1 Å². The van der Waals surface area contributed by atoms with E-state index in [4.69, 9.17) is 9.97 Å². The van der Waals surface area contributed by atoms with Crippen LogP contribution in [0.3, 0.4) is 0 Å². The number of nitro groups is 1. The SMILES string of the molecule is O=[N+]([O-])c1ccc(-n2c3ccc2cc2nc(cc4c(-c5ccccc5)c(-c5ccccc5)c(cc5nc(c3)C=C5)n4-c3ccccc3)C=C2)cc1. The Labute approximate surface area is 293 Å². The number of nitro benzene ring substituents is 1. The first-order chi connectivity index (χ1) is 25.1. The van der Waals surface area contributed by atoms with E-state index in [0.717, 1.165) is 78.5 Å². The third-order valence-electron chi connectivity index (χ3n) is 9.17. The second kappa shape index (κ2) is 12.4. The van der Waals surface area contributed by atoms with Crippen LogP contribution in [0.15, 0.2) is 152 Å². The number of nitrogens with zero attached hydrogens (tertiary/aromatic N) is 5. The molecule has 242 valence electrons. The molecule has 2 aliphatic heterocycles. The van der Waals surface area contributed by atoms with Gasteiger partial charge in [-0.25, -0.2) is 9.97 Å². The van der Waals surface area contributed by atoms with E-state index in [2.05, 4.69) is 94.1 Å². The van der Waals surface area contributed by atoms with Crippen LogP contribution in [0.4, 0.5) is 5.69 Å². The van der Waals surface area contributed by atoms with Crippen LogP contribution in [0, 0.1) is 10.1 Å². The van der Waals surface area contributed by atoms with Crippen LogP contribution in [0.2, 0.25) is 0 Å². The Morgan fingerprint density at radius 3 is 1.31 bits per heavy atom. The number of aromatic nitrogens is 4. The summed E-state index contributed by atoms with van der Waals surface area (Å²) in [5, 5.41) is 11.4. The largest absolute Gasteiger partial charge is 0.310 e. The molecule has 0 radical (unpaired) electrons. The number of hydrogen-bond acceptors (Lipinski definition) is 4. The summed E-state index contributed by atoms with van der Waals surface area (Å²) in [6, 6.07) is 50.6. The number of rotatable bonds is 5. The predicted molar refractivity (Wildman–Crippen MR) is 206 cm³/mol. The van der Waals surface area contributed by atoms with Crippen molar-refractivity contribution in [2.45, 2.75) is 0 Å². The zero-order chi connectivity index (χ0) is 34.3. The van der Waals surface area contributed by atoms with Crippen molar-refractivity contribution in [3.8, 4) is 33.6 Å². The standard InChI is InChI=1S/C44H29N5O2/c50-49(51)38-22-20-37(21-23-38)47-39-24-25-40(47)27-33-17-19-35(46-33)29-42-44(31-12-6-2-7-13-31)43(30-10-4-1-5-11-30)41(28-34-18-16-32(26-39)45-34)48(42)36-14-8-3-9-15-36/h1-29H. The van der Waals surface area contributed by atoms with Gasteiger partial charge in [0.2, 0.25) is 0 Å². The zero-order valence-electron chi connectivity index (χ0n) is 27.3. The van der Waals surface area contributed by atoms with Crippen LogP contribution in [0.25, 0.3) is 80.0 Å². The third kappa shape index (κ3) is 5.53. The summed E-state index contributed by atoms with van der Waals surface area (Å²) in [5.74, 6) is 0. The minimum Gasteiger partial charge on any atom is -0.310 e. The zero-order valence-corrected chi connectivity index (χ0v) is 27.3. The molecule has 5 heterocycles. The molecular formula is C44H29N5O2. The average Bonchev–Trinajstić information content (AvgIpc) is 3.96. The number of para-hydroxylation sites is 1. The monoisotopic (exact) mass is 659 g/mol. The van der Waals surface area contributed by atoms with E-state index >= 15 is 0 Å². The van der Waals surface area contributed by atoms with Crippen molar-refractivity contribution >= 4 is 52.1 Å². The lowest BCUT2D eigenvalue weighted by molar-refractivity contribution is -0.384. The van der Waals surface area contributed by atoms with Crippen molar-refractivity contribution in [3.05, 3.63) is 185 Å². The molecule has 0 N–H and O–H groups in total. The van der Waals surface area contributed by atoms with Crippen LogP contribution in [-0.4, -0.2) is 24.0 Å². The molecule has 4 aromatic carbocycles. The van der Waals surface area contributed by atoms with Crippen molar-refractivity contribution in [1.82, 2.24) is 19.1 Å². The first kappa shape index (κ1) is 30.0. The fraction of sp³-hybridized carbons (Fsp3) is 0. The van der Waals surface area contributed by atoms with Gasteiger partial charge in [0.25, 0.3) is 5.69 Å². The molecule has 0 fully saturated rings. The number of benzene rings is 4. The molecular weight excluding hydrogens is 631 g/mol. The summed E-state index contributed by atoms with van der Waals surface area (Å²) in [6.45, 7) is 0. The molecule has 2 aliphatic rings. The van der Waals surface area contributed by atoms with E-state index in [1.807, 2.05) is 66.8 Å². The van der Waals surface area contributed by atoms with Crippen LogP contribution in [-0.2, 0) is 0 Å². The fourth-order valence-corrected chi connectivity index (χ4v) is 6.94. The summed E-state index contributed by atoms with van der Waals surface area (Å²) < 4.78 is 4.39. The lowest BCUT2D eigenvalue weighted by atomic mass is 9.96. The van der Waals surface area contributed by atoms with Crippen molar-refractivity contribution in [2.75, 3.05) is 0 Å². The van der Waals surface area contributed by atoms with Gasteiger partial charge in [0.1, 0.15) is 0 Å². The topological polar surface area (TPSA) is 78.8 Å². The van der Waals surface area contributed by atoms with Gasteiger partial charge >= 0.3 is 0 Å². The normalized spacial score (nSPS) is 11.9. The van der Waals surface area contributed by atoms with Gasteiger partial charge in [0.15, 0.2) is 0 Å². The van der Waals surface area contributed by atoms with Gasteiger partial charge in [-0.3, -0.25) is 10.1 Å². The van der Waals surface area contributed by atoms with E-state index in [-0.39, 0.29) is 10.6 Å². The third-order valence-corrected chi connectivity index (χ3v) is 9.17. The highest BCUT2D eigenvalue weighted by atomic mass is 16.6. The van der Waals surface area contributed by atoms with Gasteiger partial charge in [-0.1, -0.05) is 78.9 Å². The second-order valence-electron chi connectivity index (χ2n) is 12.4. The highest BCUT2D eigenvalue weighted by Gasteiger charge is 2.21.